The molecule has 1 heterocycles. The molecule has 7 heteroatoms. The van der Waals surface area contributed by atoms with Gasteiger partial charge in [0.1, 0.15) is 18.1 Å². The first-order valence-electron chi connectivity index (χ1n) is 9.56. The number of rotatable bonds is 7. The molecule has 152 valence electrons. The Morgan fingerprint density at radius 2 is 1.97 bits per heavy atom. The zero-order valence-electron chi connectivity index (χ0n) is 16.4. The summed E-state index contributed by atoms with van der Waals surface area (Å²) in [5.74, 6) is -0.823. The Bertz CT molecular complexity index is 944. The third-order valence-corrected chi connectivity index (χ3v) is 4.70. The van der Waals surface area contributed by atoms with Gasteiger partial charge in [-0.25, -0.2) is 4.39 Å². The molecule has 1 aliphatic heterocycles. The van der Waals surface area contributed by atoms with Crippen LogP contribution in [-0.4, -0.2) is 30.2 Å². The van der Waals surface area contributed by atoms with Crippen LogP contribution in [0.4, 0.5) is 10.1 Å². The van der Waals surface area contributed by atoms with Crippen molar-refractivity contribution in [3.63, 3.8) is 0 Å². The normalized spacial score (nSPS) is 15.5. The number of anilines is 1. The molecule has 0 radical (unpaired) electrons. The van der Waals surface area contributed by atoms with Gasteiger partial charge in [0.2, 0.25) is 5.91 Å². The van der Waals surface area contributed by atoms with Crippen LogP contribution >= 0.6 is 0 Å². The van der Waals surface area contributed by atoms with Gasteiger partial charge in [-0.3, -0.25) is 19.3 Å². The van der Waals surface area contributed by atoms with E-state index in [1.54, 1.807) is 43.3 Å². The summed E-state index contributed by atoms with van der Waals surface area (Å²) in [6, 6.07) is 11.0. The highest BCUT2D eigenvalue weighted by molar-refractivity contribution is 6.05. The van der Waals surface area contributed by atoms with Crippen LogP contribution < -0.4 is 15.0 Å². The van der Waals surface area contributed by atoms with Crippen molar-refractivity contribution in [1.29, 1.82) is 0 Å². The number of Topliss-reactive ketones (excluding diaryl/α,β-unsaturated/α-hetero) is 1. The first kappa shape index (κ1) is 20.5. The summed E-state index contributed by atoms with van der Waals surface area (Å²) in [5.41, 5.74) is 1.21. The van der Waals surface area contributed by atoms with Gasteiger partial charge in [0, 0.05) is 24.1 Å². The van der Waals surface area contributed by atoms with Crippen molar-refractivity contribution < 1.29 is 23.5 Å². The van der Waals surface area contributed by atoms with E-state index in [2.05, 4.69) is 5.32 Å². The quantitative estimate of drug-likeness (QED) is 0.727. The number of nitrogens with one attached hydrogen (secondary N) is 1. The highest BCUT2D eigenvalue weighted by atomic mass is 19.1. The van der Waals surface area contributed by atoms with E-state index in [1.807, 2.05) is 6.92 Å². The second-order valence-corrected chi connectivity index (χ2v) is 6.91. The molecule has 2 aromatic carbocycles. The average molecular weight is 398 g/mol. The van der Waals surface area contributed by atoms with Crippen molar-refractivity contribution in [2.45, 2.75) is 39.3 Å². The van der Waals surface area contributed by atoms with Gasteiger partial charge in [-0.15, -0.1) is 0 Å². The highest BCUT2D eigenvalue weighted by Gasteiger charge is 2.33. The number of carbonyl (C=O) groups excluding carboxylic acids is 3. The Morgan fingerprint density at radius 1 is 1.21 bits per heavy atom. The van der Waals surface area contributed by atoms with Crippen LogP contribution in [-0.2, 0) is 16.1 Å². The van der Waals surface area contributed by atoms with Gasteiger partial charge in [0.15, 0.2) is 11.9 Å². The Hall–Kier alpha value is -3.22. The monoisotopic (exact) mass is 398 g/mol. The molecule has 6 nitrogen and oxygen atoms in total. The minimum absolute atomic E-state index is 0.0154. The molecular formula is C22H23FN2O4. The third kappa shape index (κ3) is 4.62. The predicted molar refractivity (Wildman–Crippen MR) is 106 cm³/mol. The Balaban J connectivity index is 1.78. The summed E-state index contributed by atoms with van der Waals surface area (Å²) < 4.78 is 19.3. The molecule has 2 aromatic rings. The zero-order valence-corrected chi connectivity index (χ0v) is 16.4. The fraction of sp³-hybridized carbons (Fsp3) is 0.318. The number of halogens is 1. The van der Waals surface area contributed by atoms with Gasteiger partial charge in [-0.2, -0.15) is 0 Å². The minimum atomic E-state index is -0.751. The van der Waals surface area contributed by atoms with Crippen molar-refractivity contribution in [1.82, 2.24) is 5.32 Å². The van der Waals surface area contributed by atoms with Crippen molar-refractivity contribution in [2.24, 2.45) is 0 Å². The van der Waals surface area contributed by atoms with Crippen LogP contribution in [0.25, 0.3) is 0 Å². The van der Waals surface area contributed by atoms with E-state index in [0.717, 1.165) is 0 Å². The lowest BCUT2D eigenvalue weighted by Crippen LogP contribution is -2.48. The molecule has 3 rings (SSSR count). The Kier molecular flexibility index (Phi) is 6.26. The van der Waals surface area contributed by atoms with Gasteiger partial charge in [0.25, 0.3) is 5.91 Å². The highest BCUT2D eigenvalue weighted by Crippen LogP contribution is 2.35. The second kappa shape index (κ2) is 8.86. The first-order valence-corrected chi connectivity index (χ1v) is 9.56. The van der Waals surface area contributed by atoms with Crippen LogP contribution in [0.2, 0.25) is 0 Å². The lowest BCUT2D eigenvalue weighted by molar-refractivity contribution is -0.128. The SMILES string of the molecule is CCCC(=O)c1ccc2c(c1)N(CC(=O)NCc1ccccc1F)C(=O)C(C)O2. The van der Waals surface area contributed by atoms with Crippen LogP contribution in [0.3, 0.4) is 0 Å². The second-order valence-electron chi connectivity index (χ2n) is 6.91. The molecule has 0 fully saturated rings. The fourth-order valence-electron chi connectivity index (χ4n) is 3.15. The van der Waals surface area contributed by atoms with Crippen LogP contribution in [0.5, 0.6) is 5.75 Å². The lowest BCUT2D eigenvalue weighted by Gasteiger charge is -2.32. The van der Waals surface area contributed by atoms with Crippen molar-refractivity contribution in [3.05, 3.63) is 59.4 Å². The van der Waals surface area contributed by atoms with Crippen LogP contribution in [0.1, 0.15) is 42.6 Å². The smallest absolute Gasteiger partial charge is 0.268 e. The predicted octanol–water partition coefficient (Wildman–Crippen LogP) is 3.24. The van der Waals surface area contributed by atoms with Crippen LogP contribution in [0.15, 0.2) is 42.5 Å². The third-order valence-electron chi connectivity index (χ3n) is 4.70. The molecule has 0 saturated carbocycles. The van der Waals surface area contributed by atoms with Crippen molar-refractivity contribution in [2.75, 3.05) is 11.4 Å². The summed E-state index contributed by atoms with van der Waals surface area (Å²) in [7, 11) is 0. The molecule has 1 aliphatic rings. The molecule has 0 aromatic heterocycles. The van der Waals surface area contributed by atoms with Gasteiger partial charge in [-0.05, 0) is 37.6 Å². The van der Waals surface area contributed by atoms with Crippen molar-refractivity contribution >= 4 is 23.3 Å². The first-order chi connectivity index (χ1) is 13.9. The van der Waals surface area contributed by atoms with Gasteiger partial charge in [-0.1, -0.05) is 25.1 Å². The van der Waals surface area contributed by atoms with Gasteiger partial charge in [0.05, 0.1) is 5.69 Å². The van der Waals surface area contributed by atoms with E-state index in [0.29, 0.717) is 35.4 Å². The average Bonchev–Trinajstić information content (AvgIpc) is 2.70. The largest absolute Gasteiger partial charge is 0.479 e. The summed E-state index contributed by atoms with van der Waals surface area (Å²) in [6.07, 6.45) is 0.358. The number of benzene rings is 2. The topological polar surface area (TPSA) is 75.7 Å². The Morgan fingerprint density at radius 3 is 2.69 bits per heavy atom. The molecule has 0 bridgehead atoms. The summed E-state index contributed by atoms with van der Waals surface area (Å²) in [5, 5.41) is 2.63. The van der Waals surface area contributed by atoms with E-state index in [9.17, 15) is 18.8 Å². The molecule has 1 N–H and O–H groups in total. The maximum absolute atomic E-state index is 13.7. The van der Waals surface area contributed by atoms with E-state index >= 15 is 0 Å². The van der Waals surface area contributed by atoms with Gasteiger partial charge >= 0.3 is 0 Å². The molecule has 0 aliphatic carbocycles. The van der Waals surface area contributed by atoms with Gasteiger partial charge < -0.3 is 10.1 Å². The maximum atomic E-state index is 13.7. The van der Waals surface area contributed by atoms with E-state index < -0.39 is 17.8 Å². The number of carbonyl (C=O) groups is 3. The number of amides is 2. The zero-order chi connectivity index (χ0) is 21.0. The number of nitrogens with zero attached hydrogens (tertiary/aromatic N) is 1. The summed E-state index contributed by atoms with van der Waals surface area (Å²) in [6.45, 7) is 3.28. The van der Waals surface area contributed by atoms with E-state index in [1.165, 1.54) is 11.0 Å². The number of ether oxygens (including phenoxy) is 1. The minimum Gasteiger partial charge on any atom is -0.479 e. The molecule has 0 spiro atoms. The Labute approximate surface area is 168 Å². The molecule has 29 heavy (non-hydrogen) atoms. The molecule has 2 amide bonds. The number of hydrogen-bond donors (Lipinski definition) is 1. The van der Waals surface area contributed by atoms with E-state index in [4.69, 9.17) is 4.74 Å². The summed E-state index contributed by atoms with van der Waals surface area (Å²) in [4.78, 5) is 38.6. The van der Waals surface area contributed by atoms with E-state index in [-0.39, 0.29) is 24.8 Å². The standard InChI is InChI=1S/C22H23FN2O4/c1-3-6-19(26)15-9-10-20-18(11-15)25(22(28)14(2)29-20)13-21(27)24-12-16-7-4-5-8-17(16)23/h4-5,7-11,14H,3,6,12-13H2,1-2H3,(H,24,27). The maximum Gasteiger partial charge on any atom is 0.268 e. The number of hydrogen-bond acceptors (Lipinski definition) is 4. The van der Waals surface area contributed by atoms with Crippen molar-refractivity contribution in [3.8, 4) is 5.75 Å². The molecule has 1 atom stereocenters. The number of ketones is 1. The molecule has 1 unspecified atom stereocenters. The van der Waals surface area contributed by atoms with Crippen LogP contribution in [0, 0.1) is 5.82 Å². The molecule has 0 saturated heterocycles. The molecular weight excluding hydrogens is 375 g/mol. The summed E-state index contributed by atoms with van der Waals surface area (Å²) >= 11 is 0. The fourth-order valence-corrected chi connectivity index (χ4v) is 3.15. The number of fused-ring (bicyclic) bond motifs is 1. The lowest BCUT2D eigenvalue weighted by atomic mass is 10.0.